The number of thiophene rings is 1. The van der Waals surface area contributed by atoms with Gasteiger partial charge >= 0.3 is 0 Å². The van der Waals surface area contributed by atoms with Gasteiger partial charge in [0.25, 0.3) is 0 Å². The highest BCUT2D eigenvalue weighted by molar-refractivity contribution is 7.25. The molecule has 4 aromatic heterocycles. The fraction of sp³-hybridized carbons (Fsp3) is 0. The molecule has 4 heterocycles. The number of aromatic nitrogens is 4. The van der Waals surface area contributed by atoms with Crippen molar-refractivity contribution in [2.24, 2.45) is 0 Å². The quantitative estimate of drug-likeness (QED) is 0.173. The molecule has 5 nitrogen and oxygen atoms in total. The Morgan fingerprint density at radius 1 is 0.385 bits per heavy atom. The average Bonchev–Trinajstić information content (AvgIpc) is 3.80. The molecule has 7 aromatic carbocycles. The van der Waals surface area contributed by atoms with Gasteiger partial charge < -0.3 is 4.42 Å². The molecular formula is C46H26N4OS. The average molecular weight is 683 g/mol. The Morgan fingerprint density at radius 2 is 1.00 bits per heavy atom. The molecule has 52 heavy (non-hydrogen) atoms. The Hall–Kier alpha value is -6.76. The van der Waals surface area contributed by atoms with Gasteiger partial charge in [-0.05, 0) is 30.3 Å². The largest absolute Gasteiger partial charge is 0.455 e. The number of fused-ring (bicyclic) bond motifs is 10. The molecule has 0 N–H and O–H groups in total. The summed E-state index contributed by atoms with van der Waals surface area (Å²) in [6, 6.07) is 54.2. The van der Waals surface area contributed by atoms with Crippen molar-refractivity contribution in [3.8, 4) is 45.4 Å². The predicted molar refractivity (Wildman–Crippen MR) is 215 cm³/mol. The van der Waals surface area contributed by atoms with Crippen molar-refractivity contribution < 1.29 is 4.42 Å². The molecule has 242 valence electrons. The molecule has 0 aliphatic rings. The third kappa shape index (κ3) is 4.41. The number of pyridine rings is 1. The SMILES string of the molecule is c1ccc(-c2nc(-c3cccc4oc5c(ccc6c(-c7ccccc7)nc7ccccc7c65)c34)nc(-c3cccc4sc5ccccc5c34)n2)cc1. The van der Waals surface area contributed by atoms with Gasteiger partial charge in [-0.1, -0.05) is 127 Å². The third-order valence-corrected chi connectivity index (χ3v) is 11.1. The summed E-state index contributed by atoms with van der Waals surface area (Å²) < 4.78 is 9.30. The van der Waals surface area contributed by atoms with Gasteiger partial charge in [0.2, 0.25) is 0 Å². The molecule has 0 fully saturated rings. The summed E-state index contributed by atoms with van der Waals surface area (Å²) in [6.45, 7) is 0. The Balaban J connectivity index is 1.21. The summed E-state index contributed by atoms with van der Waals surface area (Å²) in [5.41, 5.74) is 7.32. The zero-order valence-electron chi connectivity index (χ0n) is 27.6. The van der Waals surface area contributed by atoms with E-state index in [1.165, 1.54) is 14.8 Å². The Kier molecular flexibility index (Phi) is 6.35. The second-order valence-electron chi connectivity index (χ2n) is 12.9. The smallest absolute Gasteiger partial charge is 0.164 e. The van der Waals surface area contributed by atoms with Gasteiger partial charge in [-0.2, -0.15) is 0 Å². The van der Waals surface area contributed by atoms with Crippen LogP contribution in [0.1, 0.15) is 0 Å². The summed E-state index contributed by atoms with van der Waals surface area (Å²) in [5.74, 6) is 1.85. The molecule has 0 atom stereocenters. The predicted octanol–water partition coefficient (Wildman–Crippen LogP) is 12.5. The summed E-state index contributed by atoms with van der Waals surface area (Å²) in [5, 5.41) is 7.47. The molecule has 0 saturated heterocycles. The Bertz CT molecular complexity index is 3190. The molecule has 0 unspecified atom stereocenters. The molecule has 0 saturated carbocycles. The van der Waals surface area contributed by atoms with E-state index in [2.05, 4.69) is 103 Å². The molecule has 0 aliphatic heterocycles. The molecule has 6 heteroatoms. The van der Waals surface area contributed by atoms with Gasteiger partial charge in [0.15, 0.2) is 17.5 Å². The van der Waals surface area contributed by atoms with Crippen molar-refractivity contribution in [3.63, 3.8) is 0 Å². The first-order chi connectivity index (χ1) is 25.8. The van der Waals surface area contributed by atoms with E-state index in [4.69, 9.17) is 24.4 Å². The van der Waals surface area contributed by atoms with Gasteiger partial charge in [-0.15, -0.1) is 11.3 Å². The van der Waals surface area contributed by atoms with E-state index in [-0.39, 0.29) is 0 Å². The van der Waals surface area contributed by atoms with Crippen molar-refractivity contribution in [2.75, 3.05) is 0 Å². The summed E-state index contributed by atoms with van der Waals surface area (Å²) in [4.78, 5) is 20.7. The molecule has 0 spiro atoms. The molecule has 11 rings (SSSR count). The van der Waals surface area contributed by atoms with Crippen molar-refractivity contribution in [2.45, 2.75) is 0 Å². The third-order valence-electron chi connectivity index (χ3n) is 9.93. The van der Waals surface area contributed by atoms with Crippen LogP contribution in [0, 0.1) is 0 Å². The maximum absolute atomic E-state index is 6.85. The first kappa shape index (κ1) is 29.0. The maximum Gasteiger partial charge on any atom is 0.164 e. The molecule has 0 aliphatic carbocycles. The monoisotopic (exact) mass is 682 g/mol. The Morgan fingerprint density at radius 3 is 1.81 bits per heavy atom. The second-order valence-corrected chi connectivity index (χ2v) is 14.0. The van der Waals surface area contributed by atoms with Gasteiger partial charge in [0.05, 0.1) is 11.2 Å². The number of furan rings is 1. The lowest BCUT2D eigenvalue weighted by atomic mass is 9.97. The van der Waals surface area contributed by atoms with E-state index in [1.54, 1.807) is 11.3 Å². The van der Waals surface area contributed by atoms with Crippen molar-refractivity contribution in [1.82, 2.24) is 19.9 Å². The maximum atomic E-state index is 6.85. The van der Waals surface area contributed by atoms with E-state index in [0.29, 0.717) is 17.5 Å². The normalized spacial score (nSPS) is 11.8. The first-order valence-electron chi connectivity index (χ1n) is 17.2. The summed E-state index contributed by atoms with van der Waals surface area (Å²) in [6.07, 6.45) is 0. The number of para-hydroxylation sites is 1. The van der Waals surface area contributed by atoms with Crippen molar-refractivity contribution in [1.29, 1.82) is 0 Å². The highest BCUT2D eigenvalue weighted by Gasteiger charge is 2.22. The molecule has 0 bridgehead atoms. The van der Waals surface area contributed by atoms with Crippen LogP contribution in [0.3, 0.4) is 0 Å². The fourth-order valence-corrected chi connectivity index (χ4v) is 8.75. The Labute approximate surface area is 301 Å². The van der Waals surface area contributed by atoms with Gasteiger partial charge in [-0.25, -0.2) is 19.9 Å². The number of nitrogens with zero attached hydrogens (tertiary/aromatic N) is 4. The minimum absolute atomic E-state index is 0.596. The lowest BCUT2D eigenvalue weighted by Gasteiger charge is -2.11. The van der Waals surface area contributed by atoms with E-state index >= 15 is 0 Å². The number of rotatable bonds is 4. The van der Waals surface area contributed by atoms with Crippen LogP contribution in [0.4, 0.5) is 0 Å². The lowest BCUT2D eigenvalue weighted by molar-refractivity contribution is 0.673. The van der Waals surface area contributed by atoms with Crippen LogP contribution in [0.5, 0.6) is 0 Å². The van der Waals surface area contributed by atoms with E-state index in [1.807, 2.05) is 54.6 Å². The topological polar surface area (TPSA) is 64.7 Å². The highest BCUT2D eigenvalue weighted by atomic mass is 32.1. The number of hydrogen-bond acceptors (Lipinski definition) is 6. The van der Waals surface area contributed by atoms with Crippen LogP contribution in [-0.4, -0.2) is 19.9 Å². The van der Waals surface area contributed by atoms with E-state index in [9.17, 15) is 0 Å². The summed E-state index contributed by atoms with van der Waals surface area (Å²) in [7, 11) is 0. The minimum atomic E-state index is 0.596. The van der Waals surface area contributed by atoms with Crippen LogP contribution in [0.25, 0.3) is 109 Å². The van der Waals surface area contributed by atoms with Crippen molar-refractivity contribution >= 4 is 75.1 Å². The summed E-state index contributed by atoms with van der Waals surface area (Å²) >= 11 is 1.79. The lowest BCUT2D eigenvalue weighted by Crippen LogP contribution is -2.00. The minimum Gasteiger partial charge on any atom is -0.455 e. The highest BCUT2D eigenvalue weighted by Crippen LogP contribution is 2.44. The zero-order valence-corrected chi connectivity index (χ0v) is 28.4. The van der Waals surface area contributed by atoms with Crippen LogP contribution < -0.4 is 0 Å². The zero-order chi connectivity index (χ0) is 34.2. The molecule has 0 amide bonds. The molecular weight excluding hydrogens is 657 g/mol. The second kappa shape index (κ2) is 11.4. The van der Waals surface area contributed by atoms with E-state index in [0.717, 1.165) is 76.9 Å². The number of benzene rings is 7. The molecule has 11 aromatic rings. The number of hydrogen-bond donors (Lipinski definition) is 0. The van der Waals surface area contributed by atoms with Gasteiger partial charge in [0.1, 0.15) is 11.2 Å². The van der Waals surface area contributed by atoms with Crippen LogP contribution >= 0.6 is 11.3 Å². The first-order valence-corrected chi connectivity index (χ1v) is 18.0. The van der Waals surface area contributed by atoms with Gasteiger partial charge in [-0.3, -0.25) is 0 Å². The fourth-order valence-electron chi connectivity index (χ4n) is 7.61. The van der Waals surface area contributed by atoms with E-state index < -0.39 is 0 Å². The standard InChI is InChI=1S/C46H26N4OS/c1-3-13-27(14-4-1)42-31-25-26-32-39-33(19-11-22-36(39)51-43(32)41(31)29-17-7-9-21-35(29)47-42)45-48-44(28-15-5-2-6-16-28)49-46(50-45)34-20-12-24-38-40(34)30-18-8-10-23-37(30)52-38/h1-26H. The van der Waals surface area contributed by atoms with Crippen LogP contribution in [0.2, 0.25) is 0 Å². The van der Waals surface area contributed by atoms with Crippen LogP contribution in [0.15, 0.2) is 162 Å². The molecule has 0 radical (unpaired) electrons. The van der Waals surface area contributed by atoms with Crippen LogP contribution in [-0.2, 0) is 0 Å². The van der Waals surface area contributed by atoms with Crippen molar-refractivity contribution in [3.05, 3.63) is 158 Å². The van der Waals surface area contributed by atoms with Gasteiger partial charge in [0, 0.05) is 69.4 Å².